The molecule has 0 amide bonds. The predicted molar refractivity (Wildman–Crippen MR) is 56.3 cm³/mol. The number of para-hydroxylation sites is 2. The fourth-order valence-corrected chi connectivity index (χ4v) is 1.77. The zero-order valence-corrected chi connectivity index (χ0v) is 7.97. The number of hydrogen-bond acceptors (Lipinski definition) is 2. The average molecular weight is 197 g/mol. The zero-order valence-electron chi connectivity index (χ0n) is 7.97. The number of aliphatic hydroxyl groups is 1. The van der Waals surface area contributed by atoms with Crippen molar-refractivity contribution in [3.8, 4) is 11.5 Å². The Kier molecular flexibility index (Phi) is 1.76. The topological polar surface area (TPSA) is 29.5 Å². The Balaban J connectivity index is 2.20. The molecule has 3 rings (SSSR count). The lowest BCUT2D eigenvalue weighted by atomic mass is 9.97. The summed E-state index contributed by atoms with van der Waals surface area (Å²) in [6.07, 6.45) is 0.285. The quantitative estimate of drug-likeness (QED) is 0.703. The van der Waals surface area contributed by atoms with Crippen molar-refractivity contribution in [1.29, 1.82) is 0 Å². The molecule has 0 saturated heterocycles. The highest BCUT2D eigenvalue weighted by atomic mass is 16.5. The molecule has 2 aromatic carbocycles. The highest BCUT2D eigenvalue weighted by molar-refractivity contribution is 5.59. The SMILES string of the molecule is O[C]1c2ccccc2Oc2ccccc21. The van der Waals surface area contributed by atoms with Crippen LogP contribution in [0.2, 0.25) is 0 Å². The molecule has 0 spiro atoms. The minimum Gasteiger partial charge on any atom is -0.457 e. The van der Waals surface area contributed by atoms with Gasteiger partial charge in [-0.15, -0.1) is 0 Å². The van der Waals surface area contributed by atoms with E-state index in [0.717, 1.165) is 11.1 Å². The zero-order chi connectivity index (χ0) is 10.3. The van der Waals surface area contributed by atoms with Crippen LogP contribution in [0.1, 0.15) is 11.1 Å². The van der Waals surface area contributed by atoms with E-state index in [1.165, 1.54) is 0 Å². The minimum absolute atomic E-state index is 0.285. The van der Waals surface area contributed by atoms with Crippen molar-refractivity contribution in [3.05, 3.63) is 65.8 Å². The van der Waals surface area contributed by atoms with Gasteiger partial charge in [0, 0.05) is 11.1 Å². The Hall–Kier alpha value is -1.80. The number of aliphatic hydroxyl groups excluding tert-OH is 1. The minimum atomic E-state index is 0.285. The van der Waals surface area contributed by atoms with Crippen LogP contribution in [0.25, 0.3) is 0 Å². The molecular formula is C13H9O2. The monoisotopic (exact) mass is 197 g/mol. The predicted octanol–water partition coefficient (Wildman–Crippen LogP) is 3.09. The van der Waals surface area contributed by atoms with Crippen molar-refractivity contribution < 1.29 is 9.84 Å². The number of benzene rings is 2. The van der Waals surface area contributed by atoms with E-state index in [4.69, 9.17) is 4.74 Å². The van der Waals surface area contributed by atoms with Crippen LogP contribution in [0.3, 0.4) is 0 Å². The first-order valence-corrected chi connectivity index (χ1v) is 4.79. The van der Waals surface area contributed by atoms with E-state index in [2.05, 4.69) is 0 Å². The Morgan fingerprint density at radius 2 is 1.20 bits per heavy atom. The van der Waals surface area contributed by atoms with Crippen molar-refractivity contribution in [2.45, 2.75) is 0 Å². The highest BCUT2D eigenvalue weighted by Gasteiger charge is 2.25. The van der Waals surface area contributed by atoms with E-state index in [1.807, 2.05) is 48.5 Å². The molecule has 0 atom stereocenters. The lowest BCUT2D eigenvalue weighted by Crippen LogP contribution is -2.09. The molecule has 0 aromatic heterocycles. The normalized spacial score (nSPS) is 13.9. The first kappa shape index (κ1) is 8.50. The average Bonchev–Trinajstić information content (AvgIpc) is 2.30. The van der Waals surface area contributed by atoms with Gasteiger partial charge in [-0.1, -0.05) is 36.4 Å². The van der Waals surface area contributed by atoms with Gasteiger partial charge in [0.2, 0.25) is 0 Å². The van der Waals surface area contributed by atoms with Crippen LogP contribution in [-0.2, 0) is 0 Å². The van der Waals surface area contributed by atoms with Gasteiger partial charge in [0.1, 0.15) is 11.5 Å². The molecule has 15 heavy (non-hydrogen) atoms. The van der Waals surface area contributed by atoms with Crippen molar-refractivity contribution >= 4 is 0 Å². The van der Waals surface area contributed by atoms with Crippen molar-refractivity contribution in [1.82, 2.24) is 0 Å². The fourth-order valence-electron chi connectivity index (χ4n) is 1.77. The highest BCUT2D eigenvalue weighted by Crippen LogP contribution is 2.41. The van der Waals surface area contributed by atoms with Crippen LogP contribution in [0.15, 0.2) is 48.5 Å². The molecule has 1 heterocycles. The van der Waals surface area contributed by atoms with Gasteiger partial charge in [-0.3, -0.25) is 0 Å². The van der Waals surface area contributed by atoms with Crippen LogP contribution in [0.4, 0.5) is 0 Å². The van der Waals surface area contributed by atoms with Crippen molar-refractivity contribution in [2.75, 3.05) is 0 Å². The molecule has 1 aliphatic heterocycles. The van der Waals surface area contributed by atoms with Gasteiger partial charge in [-0.05, 0) is 12.1 Å². The first-order valence-electron chi connectivity index (χ1n) is 4.79. The molecule has 0 bridgehead atoms. The maximum atomic E-state index is 10.1. The summed E-state index contributed by atoms with van der Waals surface area (Å²) in [4.78, 5) is 0. The molecule has 0 unspecified atom stereocenters. The molecule has 0 saturated carbocycles. The Bertz CT molecular complexity index is 460. The lowest BCUT2D eigenvalue weighted by Gasteiger charge is -2.23. The Morgan fingerprint density at radius 3 is 1.73 bits per heavy atom. The van der Waals surface area contributed by atoms with Crippen molar-refractivity contribution in [2.24, 2.45) is 0 Å². The van der Waals surface area contributed by atoms with Gasteiger partial charge >= 0.3 is 0 Å². The molecule has 1 N–H and O–H groups in total. The summed E-state index contributed by atoms with van der Waals surface area (Å²) in [7, 11) is 0. The second-order valence-electron chi connectivity index (χ2n) is 3.44. The van der Waals surface area contributed by atoms with Crippen LogP contribution in [0, 0.1) is 6.10 Å². The fraction of sp³-hybridized carbons (Fsp3) is 0. The van der Waals surface area contributed by atoms with Crippen LogP contribution < -0.4 is 4.74 Å². The van der Waals surface area contributed by atoms with Gasteiger partial charge in [-0.25, -0.2) is 0 Å². The summed E-state index contributed by atoms with van der Waals surface area (Å²) < 4.78 is 5.67. The van der Waals surface area contributed by atoms with Gasteiger partial charge in [-0.2, -0.15) is 0 Å². The van der Waals surface area contributed by atoms with Crippen LogP contribution in [-0.4, -0.2) is 5.11 Å². The molecule has 2 aromatic rings. The molecule has 73 valence electrons. The van der Waals surface area contributed by atoms with Crippen molar-refractivity contribution in [3.63, 3.8) is 0 Å². The summed E-state index contributed by atoms with van der Waals surface area (Å²) in [6.45, 7) is 0. The summed E-state index contributed by atoms with van der Waals surface area (Å²) >= 11 is 0. The molecular weight excluding hydrogens is 188 g/mol. The van der Waals surface area contributed by atoms with Gasteiger partial charge in [0.15, 0.2) is 6.10 Å². The largest absolute Gasteiger partial charge is 0.457 e. The number of rotatable bonds is 0. The maximum Gasteiger partial charge on any atom is 0.159 e. The van der Waals surface area contributed by atoms with E-state index >= 15 is 0 Å². The summed E-state index contributed by atoms with van der Waals surface area (Å²) in [5.74, 6) is 1.41. The molecule has 2 heteroatoms. The third kappa shape index (κ3) is 1.22. The second-order valence-corrected chi connectivity index (χ2v) is 3.44. The third-order valence-electron chi connectivity index (χ3n) is 2.50. The van der Waals surface area contributed by atoms with E-state index in [9.17, 15) is 5.11 Å². The van der Waals surface area contributed by atoms with E-state index in [1.54, 1.807) is 0 Å². The van der Waals surface area contributed by atoms with Crippen LogP contribution >= 0.6 is 0 Å². The van der Waals surface area contributed by atoms with E-state index in [0.29, 0.717) is 11.5 Å². The number of ether oxygens (including phenoxy) is 1. The number of hydrogen-bond donors (Lipinski definition) is 1. The molecule has 1 aliphatic rings. The van der Waals surface area contributed by atoms with Gasteiger partial charge < -0.3 is 9.84 Å². The van der Waals surface area contributed by atoms with Gasteiger partial charge in [0.05, 0.1) is 0 Å². The van der Waals surface area contributed by atoms with Gasteiger partial charge in [0.25, 0.3) is 0 Å². The van der Waals surface area contributed by atoms with E-state index < -0.39 is 0 Å². The smallest absolute Gasteiger partial charge is 0.159 e. The van der Waals surface area contributed by atoms with Crippen LogP contribution in [0.5, 0.6) is 11.5 Å². The third-order valence-corrected chi connectivity index (χ3v) is 2.50. The second kappa shape index (κ2) is 3.11. The summed E-state index contributed by atoms with van der Waals surface area (Å²) in [6, 6.07) is 14.9. The molecule has 0 aliphatic carbocycles. The molecule has 0 fully saturated rings. The molecule has 1 radical (unpaired) electrons. The molecule has 2 nitrogen and oxygen atoms in total. The lowest BCUT2D eigenvalue weighted by molar-refractivity contribution is 0.329. The maximum absolute atomic E-state index is 10.1. The van der Waals surface area contributed by atoms with E-state index in [-0.39, 0.29) is 6.10 Å². The Morgan fingerprint density at radius 1 is 0.733 bits per heavy atom. The standard InChI is InChI=1S/C13H9O2/c14-13-9-5-1-3-7-11(9)15-12-8-4-2-6-10(12)13/h1-8,14H. The first-order chi connectivity index (χ1) is 7.36. The Labute approximate surface area is 87.8 Å². The summed E-state index contributed by atoms with van der Waals surface area (Å²) in [5.41, 5.74) is 1.49. The summed E-state index contributed by atoms with van der Waals surface area (Å²) in [5, 5.41) is 10.1. The number of fused-ring (bicyclic) bond motifs is 2.